The third kappa shape index (κ3) is 3.78. The van der Waals surface area contributed by atoms with E-state index in [4.69, 9.17) is 10.5 Å². The van der Waals surface area contributed by atoms with Gasteiger partial charge in [-0.25, -0.2) is 4.98 Å². The molecule has 2 atom stereocenters. The number of thiazole rings is 1. The highest BCUT2D eigenvalue weighted by molar-refractivity contribution is 7.16. The quantitative estimate of drug-likeness (QED) is 0.833. The average Bonchev–Trinajstić information content (AvgIpc) is 3.33. The van der Waals surface area contributed by atoms with Gasteiger partial charge in [0.05, 0.1) is 11.8 Å². The van der Waals surface area contributed by atoms with Crippen molar-refractivity contribution in [2.75, 3.05) is 11.9 Å². The molecule has 1 saturated heterocycles. The fraction of sp³-hybridized carbons (Fsp3) is 0.474. The summed E-state index contributed by atoms with van der Waals surface area (Å²) in [7, 11) is 0. The second-order valence-corrected chi connectivity index (χ2v) is 8.01. The van der Waals surface area contributed by atoms with Gasteiger partial charge in [0.2, 0.25) is 0 Å². The molecule has 2 heterocycles. The van der Waals surface area contributed by atoms with Crippen LogP contribution in [0.4, 0.5) is 5.13 Å². The van der Waals surface area contributed by atoms with Crippen molar-refractivity contribution in [3.63, 3.8) is 0 Å². The van der Waals surface area contributed by atoms with Gasteiger partial charge in [-0.05, 0) is 56.2 Å². The molecular weight excluding hydrogens is 370 g/mol. The Hall–Kier alpha value is -1.47. The van der Waals surface area contributed by atoms with Crippen LogP contribution in [0.15, 0.2) is 18.2 Å². The maximum Gasteiger partial charge on any atom is 0.255 e. The van der Waals surface area contributed by atoms with E-state index in [1.54, 1.807) is 0 Å². The molecule has 0 spiro atoms. The fourth-order valence-corrected chi connectivity index (χ4v) is 4.53. The zero-order chi connectivity index (χ0) is 17.4. The van der Waals surface area contributed by atoms with Crippen LogP contribution < -0.4 is 11.1 Å². The van der Waals surface area contributed by atoms with Gasteiger partial charge in [-0.15, -0.1) is 23.7 Å². The Kier molecular flexibility index (Phi) is 5.97. The molecule has 7 heteroatoms. The molecule has 5 nitrogen and oxygen atoms in total. The van der Waals surface area contributed by atoms with Crippen LogP contribution in [0.5, 0.6) is 0 Å². The van der Waals surface area contributed by atoms with E-state index in [0.717, 1.165) is 35.4 Å². The van der Waals surface area contributed by atoms with E-state index in [1.807, 2.05) is 6.92 Å². The maximum atomic E-state index is 12.4. The van der Waals surface area contributed by atoms with Crippen LogP contribution in [0.25, 0.3) is 11.3 Å². The zero-order valence-corrected chi connectivity index (χ0v) is 16.4. The molecule has 0 radical (unpaired) electrons. The minimum absolute atomic E-state index is 0. The van der Waals surface area contributed by atoms with Crippen LogP contribution in [0.2, 0.25) is 0 Å². The first-order valence-electron chi connectivity index (χ1n) is 8.90. The van der Waals surface area contributed by atoms with E-state index in [9.17, 15) is 4.79 Å². The number of carbonyl (C=O) groups excluding carboxylic acids is 1. The van der Waals surface area contributed by atoms with Crippen molar-refractivity contribution < 1.29 is 9.53 Å². The predicted octanol–water partition coefficient (Wildman–Crippen LogP) is 3.47. The third-order valence-corrected chi connectivity index (χ3v) is 5.95. The lowest BCUT2D eigenvalue weighted by atomic mass is 10.0. The number of nitrogens with two attached hydrogens (primary N) is 1. The monoisotopic (exact) mass is 393 g/mol. The summed E-state index contributed by atoms with van der Waals surface area (Å²) in [6, 6.07) is 6.61. The molecule has 0 unspecified atom stereocenters. The summed E-state index contributed by atoms with van der Waals surface area (Å²) in [6.45, 7) is 2.51. The number of aryl methyl sites for hydroxylation is 3. The van der Waals surface area contributed by atoms with Crippen LogP contribution in [0, 0.1) is 6.92 Å². The van der Waals surface area contributed by atoms with Gasteiger partial charge in [0, 0.05) is 17.0 Å². The normalized spacial score (nSPS) is 21.3. The van der Waals surface area contributed by atoms with E-state index in [-0.39, 0.29) is 24.4 Å². The molecule has 1 aliphatic heterocycles. The van der Waals surface area contributed by atoms with E-state index >= 15 is 0 Å². The SMILES string of the molecule is Cc1sc(NC(=O)[C@@H]2CC[C@H](CN)O2)nc1-c1ccc2c(c1)CCC2.Cl. The highest BCUT2D eigenvalue weighted by Crippen LogP contribution is 2.33. The van der Waals surface area contributed by atoms with E-state index in [1.165, 1.54) is 35.3 Å². The Morgan fingerprint density at radius 1 is 1.35 bits per heavy atom. The Bertz CT molecular complexity index is 808. The van der Waals surface area contributed by atoms with Crippen LogP contribution in [0.1, 0.15) is 35.3 Å². The second-order valence-electron chi connectivity index (χ2n) is 6.81. The molecule has 26 heavy (non-hydrogen) atoms. The number of aromatic nitrogens is 1. The summed E-state index contributed by atoms with van der Waals surface area (Å²) in [4.78, 5) is 18.2. The standard InChI is InChI=1S/C19H23N3O2S.ClH/c1-11-17(14-6-5-12-3-2-4-13(12)9-14)21-19(25-11)22-18(23)16-8-7-15(10-20)24-16;/h5-6,9,15-16H,2-4,7-8,10,20H2,1H3,(H,21,22,23);1H/t15-,16+;/m1./s1. The molecule has 2 aromatic rings. The van der Waals surface area contributed by atoms with Crippen molar-refractivity contribution in [3.05, 3.63) is 34.2 Å². The number of amides is 1. The van der Waals surface area contributed by atoms with Crippen molar-refractivity contribution in [2.24, 2.45) is 5.73 Å². The Balaban J connectivity index is 0.00000196. The van der Waals surface area contributed by atoms with Crippen LogP contribution >= 0.6 is 23.7 Å². The molecule has 0 bridgehead atoms. The number of hydrogen-bond acceptors (Lipinski definition) is 5. The minimum Gasteiger partial charge on any atom is -0.364 e. The number of fused-ring (bicyclic) bond motifs is 1. The first-order valence-corrected chi connectivity index (χ1v) is 9.71. The number of rotatable bonds is 4. The van der Waals surface area contributed by atoms with Crippen molar-refractivity contribution in [1.29, 1.82) is 0 Å². The molecule has 2 aliphatic rings. The smallest absolute Gasteiger partial charge is 0.255 e. The van der Waals surface area contributed by atoms with E-state index in [0.29, 0.717) is 11.7 Å². The van der Waals surface area contributed by atoms with Crippen molar-refractivity contribution >= 4 is 34.8 Å². The molecule has 4 rings (SSSR count). The average molecular weight is 394 g/mol. The number of ether oxygens (including phenoxy) is 1. The van der Waals surface area contributed by atoms with Gasteiger partial charge in [-0.3, -0.25) is 10.1 Å². The second kappa shape index (κ2) is 8.05. The Morgan fingerprint density at radius 2 is 2.15 bits per heavy atom. The highest BCUT2D eigenvalue weighted by Gasteiger charge is 2.30. The summed E-state index contributed by atoms with van der Waals surface area (Å²) in [5.41, 5.74) is 10.6. The van der Waals surface area contributed by atoms with E-state index in [2.05, 4.69) is 28.5 Å². The topological polar surface area (TPSA) is 77.2 Å². The van der Waals surface area contributed by atoms with Gasteiger partial charge in [-0.1, -0.05) is 12.1 Å². The highest BCUT2D eigenvalue weighted by atomic mass is 35.5. The van der Waals surface area contributed by atoms with Gasteiger partial charge in [0.25, 0.3) is 5.91 Å². The molecule has 1 amide bonds. The lowest BCUT2D eigenvalue weighted by molar-refractivity contribution is -0.126. The minimum atomic E-state index is -0.416. The van der Waals surface area contributed by atoms with Gasteiger partial charge < -0.3 is 10.5 Å². The van der Waals surface area contributed by atoms with Crippen molar-refractivity contribution in [3.8, 4) is 11.3 Å². The number of halogens is 1. The molecular formula is C19H24ClN3O2S. The van der Waals surface area contributed by atoms with E-state index < -0.39 is 6.10 Å². The first-order chi connectivity index (χ1) is 12.1. The summed E-state index contributed by atoms with van der Waals surface area (Å²) < 4.78 is 5.66. The summed E-state index contributed by atoms with van der Waals surface area (Å²) >= 11 is 1.51. The maximum absolute atomic E-state index is 12.4. The van der Waals surface area contributed by atoms with Gasteiger partial charge >= 0.3 is 0 Å². The Labute approximate surface area is 163 Å². The fourth-order valence-electron chi connectivity index (χ4n) is 3.69. The predicted molar refractivity (Wildman–Crippen MR) is 107 cm³/mol. The largest absolute Gasteiger partial charge is 0.364 e. The third-order valence-electron chi connectivity index (χ3n) is 5.06. The number of nitrogens with zero attached hydrogens (tertiary/aromatic N) is 1. The van der Waals surface area contributed by atoms with Crippen LogP contribution in [0.3, 0.4) is 0 Å². The number of nitrogens with one attached hydrogen (secondary N) is 1. The summed E-state index contributed by atoms with van der Waals surface area (Å²) in [5, 5.41) is 3.55. The van der Waals surface area contributed by atoms with Gasteiger partial charge in [-0.2, -0.15) is 0 Å². The number of hydrogen-bond donors (Lipinski definition) is 2. The van der Waals surface area contributed by atoms with Crippen LogP contribution in [-0.4, -0.2) is 29.6 Å². The summed E-state index contributed by atoms with van der Waals surface area (Å²) in [5.74, 6) is -0.120. The van der Waals surface area contributed by atoms with Gasteiger partial charge in [0.1, 0.15) is 6.10 Å². The lowest BCUT2D eigenvalue weighted by Gasteiger charge is -2.11. The molecule has 1 aliphatic carbocycles. The van der Waals surface area contributed by atoms with Gasteiger partial charge in [0.15, 0.2) is 5.13 Å². The lowest BCUT2D eigenvalue weighted by Crippen LogP contribution is -2.29. The number of anilines is 1. The van der Waals surface area contributed by atoms with Crippen molar-refractivity contribution in [2.45, 2.75) is 51.2 Å². The molecule has 3 N–H and O–H groups in total. The van der Waals surface area contributed by atoms with Crippen molar-refractivity contribution in [1.82, 2.24) is 4.98 Å². The number of benzene rings is 1. The van der Waals surface area contributed by atoms with Crippen LogP contribution in [-0.2, 0) is 22.4 Å². The molecule has 1 aromatic carbocycles. The summed E-state index contributed by atoms with van der Waals surface area (Å²) in [6.07, 6.45) is 4.70. The first kappa shape index (κ1) is 19.3. The molecule has 140 valence electrons. The zero-order valence-electron chi connectivity index (χ0n) is 14.8. The molecule has 0 saturated carbocycles. The number of carbonyl (C=O) groups is 1. The molecule has 1 fully saturated rings. The molecule has 1 aromatic heterocycles. The Morgan fingerprint density at radius 3 is 2.92 bits per heavy atom.